The molecule has 31 heavy (non-hydrogen) atoms. The van der Waals surface area contributed by atoms with Gasteiger partial charge < -0.3 is 0 Å². The van der Waals surface area contributed by atoms with E-state index in [-0.39, 0.29) is 15.8 Å². The summed E-state index contributed by atoms with van der Waals surface area (Å²) in [6, 6.07) is 6.69. The van der Waals surface area contributed by atoms with Crippen LogP contribution in [0.4, 0.5) is 0 Å². The lowest BCUT2D eigenvalue weighted by molar-refractivity contribution is 0.967. The van der Waals surface area contributed by atoms with Crippen molar-refractivity contribution >= 4 is 15.8 Å². The van der Waals surface area contributed by atoms with Crippen LogP contribution in [-0.2, 0) is 12.3 Å². The van der Waals surface area contributed by atoms with Gasteiger partial charge in [0.25, 0.3) is 0 Å². The average Bonchev–Trinajstić information content (AvgIpc) is 2.69. The summed E-state index contributed by atoms with van der Waals surface area (Å²) in [6.07, 6.45) is 7.81. The zero-order chi connectivity index (χ0) is 24.1. The molecule has 1 aromatic rings. The Morgan fingerprint density at radius 1 is 0.710 bits per heavy atom. The van der Waals surface area contributed by atoms with Gasteiger partial charge in [0.1, 0.15) is 0 Å². The first-order valence-electron chi connectivity index (χ1n) is 12.1. The standard InChI is InChI=1S/C19H35NP2.C9H16/c1-14(2)21(15(3)4)12-18-10-9-11-19(20-18)13-22(16(5)6)17(7)8;1-5-8(3)7-9(4)6-2/h9-11,14-17H,12-13H2,1-8H3;5-6H,7H2,1-4H3/b;8-5+,9-6+. The smallest absolute Gasteiger partial charge is 0.0450 e. The highest BCUT2D eigenvalue weighted by molar-refractivity contribution is 7.58. The molecule has 0 N–H and O–H groups in total. The van der Waals surface area contributed by atoms with E-state index < -0.39 is 0 Å². The highest BCUT2D eigenvalue weighted by atomic mass is 31.1. The second kappa shape index (κ2) is 16.2. The number of hydrogen-bond acceptors (Lipinski definition) is 1. The number of rotatable bonds is 10. The van der Waals surface area contributed by atoms with Crippen LogP contribution in [0.2, 0.25) is 0 Å². The SMILES string of the molecule is C/C=C(\C)C/C(C)=C/C.CC(C)P(Cc1cccc(CP(C(C)C)C(C)C)n1)C(C)C. The number of pyridine rings is 1. The van der Waals surface area contributed by atoms with Gasteiger partial charge in [0.2, 0.25) is 0 Å². The summed E-state index contributed by atoms with van der Waals surface area (Å²) in [5, 5.41) is 0. The maximum atomic E-state index is 5.01. The highest BCUT2D eigenvalue weighted by Gasteiger charge is 2.20. The van der Waals surface area contributed by atoms with Crippen LogP contribution in [-0.4, -0.2) is 27.6 Å². The molecule has 0 bridgehead atoms. The molecular weight excluding hydrogens is 412 g/mol. The van der Waals surface area contributed by atoms with Gasteiger partial charge in [-0.3, -0.25) is 4.98 Å². The van der Waals surface area contributed by atoms with Crippen molar-refractivity contribution in [2.75, 3.05) is 0 Å². The minimum absolute atomic E-state index is 0.0302. The fourth-order valence-corrected chi connectivity index (χ4v) is 8.59. The van der Waals surface area contributed by atoms with E-state index in [0.29, 0.717) is 0 Å². The zero-order valence-corrected chi connectivity index (χ0v) is 24.4. The molecule has 0 aliphatic carbocycles. The molecule has 0 amide bonds. The molecule has 0 unspecified atom stereocenters. The van der Waals surface area contributed by atoms with E-state index in [9.17, 15) is 0 Å². The van der Waals surface area contributed by atoms with Crippen molar-refractivity contribution in [2.45, 2.75) is 124 Å². The summed E-state index contributed by atoms with van der Waals surface area (Å²) in [4.78, 5) is 5.01. The lowest BCUT2D eigenvalue weighted by Crippen LogP contribution is -2.08. The Balaban J connectivity index is 0.000000842. The molecule has 0 atom stereocenters. The zero-order valence-electron chi connectivity index (χ0n) is 22.7. The van der Waals surface area contributed by atoms with Crippen molar-refractivity contribution in [3.63, 3.8) is 0 Å². The summed E-state index contributed by atoms with van der Waals surface area (Å²) >= 11 is 0. The molecule has 1 rings (SSSR count). The third-order valence-corrected chi connectivity index (χ3v) is 12.4. The average molecular weight is 464 g/mol. The van der Waals surface area contributed by atoms with E-state index in [0.717, 1.165) is 29.1 Å². The Bertz CT molecular complexity index is 602. The number of allylic oxidation sites excluding steroid dienone is 4. The molecule has 0 radical (unpaired) electrons. The molecule has 1 nitrogen and oxygen atoms in total. The molecular formula is C28H51NP2. The number of aromatic nitrogens is 1. The lowest BCUT2D eigenvalue weighted by Gasteiger charge is -2.27. The Kier molecular flexibility index (Phi) is 15.9. The fourth-order valence-electron chi connectivity index (χ4n) is 3.65. The van der Waals surface area contributed by atoms with Crippen molar-refractivity contribution in [1.29, 1.82) is 0 Å². The van der Waals surface area contributed by atoms with Gasteiger partial charge >= 0.3 is 0 Å². The highest BCUT2D eigenvalue weighted by Crippen LogP contribution is 2.50. The van der Waals surface area contributed by atoms with Crippen LogP contribution in [0.25, 0.3) is 0 Å². The van der Waals surface area contributed by atoms with Crippen molar-refractivity contribution in [1.82, 2.24) is 4.98 Å². The van der Waals surface area contributed by atoms with Gasteiger partial charge in [0.15, 0.2) is 0 Å². The third kappa shape index (κ3) is 12.9. The van der Waals surface area contributed by atoms with Gasteiger partial charge in [-0.15, -0.1) is 0 Å². The van der Waals surface area contributed by atoms with Gasteiger partial charge in [-0.25, -0.2) is 0 Å². The number of hydrogen-bond donors (Lipinski definition) is 0. The quantitative estimate of drug-likeness (QED) is 0.248. The molecule has 0 aromatic carbocycles. The van der Waals surface area contributed by atoms with E-state index in [4.69, 9.17) is 4.98 Å². The molecule has 0 spiro atoms. The maximum Gasteiger partial charge on any atom is 0.0450 e. The number of nitrogens with zero attached hydrogens (tertiary/aromatic N) is 1. The molecule has 3 heteroatoms. The summed E-state index contributed by atoms with van der Waals surface area (Å²) in [5.41, 5.74) is 8.65. The predicted molar refractivity (Wildman–Crippen MR) is 150 cm³/mol. The minimum Gasteiger partial charge on any atom is -0.257 e. The maximum absolute atomic E-state index is 5.01. The fraction of sp³-hybridized carbons (Fsp3) is 0.679. The van der Waals surface area contributed by atoms with Crippen molar-refractivity contribution in [3.05, 3.63) is 52.9 Å². The van der Waals surface area contributed by atoms with Crippen LogP contribution in [0.1, 0.15) is 101 Å². The Morgan fingerprint density at radius 2 is 1.03 bits per heavy atom. The van der Waals surface area contributed by atoms with Crippen LogP contribution in [0.15, 0.2) is 41.5 Å². The van der Waals surface area contributed by atoms with Gasteiger partial charge in [-0.05, 0) is 68.9 Å². The van der Waals surface area contributed by atoms with E-state index >= 15 is 0 Å². The molecule has 1 aromatic heterocycles. The Morgan fingerprint density at radius 3 is 1.29 bits per heavy atom. The molecule has 0 saturated carbocycles. The van der Waals surface area contributed by atoms with Crippen molar-refractivity contribution in [3.8, 4) is 0 Å². The Labute approximate surface area is 198 Å². The van der Waals surface area contributed by atoms with Gasteiger partial charge in [0.05, 0.1) is 0 Å². The van der Waals surface area contributed by atoms with Crippen LogP contribution in [0.3, 0.4) is 0 Å². The van der Waals surface area contributed by atoms with Gasteiger partial charge in [-0.1, -0.05) is 101 Å². The molecule has 0 aliphatic heterocycles. The molecule has 0 aliphatic rings. The summed E-state index contributed by atoms with van der Waals surface area (Å²) in [6.45, 7) is 27.4. The van der Waals surface area contributed by atoms with Crippen LogP contribution in [0, 0.1) is 0 Å². The Hall–Kier alpha value is -0.510. The van der Waals surface area contributed by atoms with Crippen molar-refractivity contribution < 1.29 is 0 Å². The third-order valence-electron chi connectivity index (χ3n) is 5.75. The minimum atomic E-state index is 0.0302. The van der Waals surface area contributed by atoms with Crippen LogP contribution >= 0.6 is 15.8 Å². The van der Waals surface area contributed by atoms with Crippen LogP contribution in [0.5, 0.6) is 0 Å². The van der Waals surface area contributed by atoms with E-state index in [1.807, 2.05) is 0 Å². The first kappa shape index (κ1) is 30.5. The second-order valence-electron chi connectivity index (χ2n) is 9.79. The van der Waals surface area contributed by atoms with E-state index in [1.54, 1.807) is 0 Å². The van der Waals surface area contributed by atoms with E-state index in [1.165, 1.54) is 34.9 Å². The first-order chi connectivity index (χ1) is 14.4. The first-order valence-corrected chi connectivity index (χ1v) is 15.5. The van der Waals surface area contributed by atoms with Gasteiger partial charge in [0, 0.05) is 23.7 Å². The normalized spacial score (nSPS) is 13.1. The van der Waals surface area contributed by atoms with E-state index in [2.05, 4.69) is 113 Å². The molecule has 0 saturated heterocycles. The summed E-state index contributed by atoms with van der Waals surface area (Å²) < 4.78 is 0. The topological polar surface area (TPSA) is 12.9 Å². The monoisotopic (exact) mass is 463 g/mol. The summed E-state index contributed by atoms with van der Waals surface area (Å²) in [7, 11) is 0.0605. The molecule has 178 valence electrons. The molecule has 1 heterocycles. The second-order valence-corrected chi connectivity index (χ2v) is 16.6. The molecule has 0 fully saturated rings. The lowest BCUT2D eigenvalue weighted by atomic mass is 10.1. The largest absolute Gasteiger partial charge is 0.257 e. The van der Waals surface area contributed by atoms with Crippen LogP contribution < -0.4 is 0 Å². The van der Waals surface area contributed by atoms with Gasteiger partial charge in [-0.2, -0.15) is 0 Å². The predicted octanol–water partition coefficient (Wildman–Crippen LogP) is 9.99. The van der Waals surface area contributed by atoms with Crippen molar-refractivity contribution in [2.24, 2.45) is 0 Å². The summed E-state index contributed by atoms with van der Waals surface area (Å²) in [5.74, 6) is 0.